The Balaban J connectivity index is 1.59. The number of rotatable bonds is 1. The Labute approximate surface area is 200 Å². The fourth-order valence-corrected chi connectivity index (χ4v) is 8.65. The molecule has 166 valence electrons. The molecule has 0 bridgehead atoms. The summed E-state index contributed by atoms with van der Waals surface area (Å²) < 4.78 is 27.5. The molecule has 3 aliphatic heterocycles. The Bertz CT molecular complexity index is 1810. The predicted molar refractivity (Wildman–Crippen MR) is 137 cm³/mol. The van der Waals surface area contributed by atoms with Gasteiger partial charge in [-0.2, -0.15) is 0 Å². The second-order valence-corrected chi connectivity index (χ2v) is 11.5. The van der Waals surface area contributed by atoms with Crippen LogP contribution in [0.2, 0.25) is 0 Å². The van der Waals surface area contributed by atoms with Crippen LogP contribution in [-0.4, -0.2) is 6.09 Å². The van der Waals surface area contributed by atoms with E-state index in [0.29, 0.717) is 38.8 Å². The molecule has 35 heavy (non-hydrogen) atoms. The summed E-state index contributed by atoms with van der Waals surface area (Å²) in [4.78, 5) is 14.9. The first-order chi connectivity index (χ1) is 17.2. The van der Waals surface area contributed by atoms with Crippen LogP contribution in [0.15, 0.2) is 97.1 Å². The molecule has 6 heteroatoms. The summed E-state index contributed by atoms with van der Waals surface area (Å²) in [6.45, 7) is 0. The van der Waals surface area contributed by atoms with Crippen LogP contribution in [0.25, 0.3) is 21.9 Å². The van der Waals surface area contributed by atoms with E-state index in [1.54, 1.807) is 4.90 Å². The van der Waals surface area contributed by atoms with Gasteiger partial charge in [-0.15, -0.1) is 0 Å². The monoisotopic (exact) mass is 473 g/mol. The van der Waals surface area contributed by atoms with Crippen LogP contribution in [0.3, 0.4) is 0 Å². The molecule has 0 saturated heterocycles. The fraction of sp³-hybridized carbons (Fsp3) is 0. The number of hydrogen-bond donors (Lipinski definition) is 0. The van der Waals surface area contributed by atoms with E-state index in [0.717, 1.165) is 27.6 Å². The van der Waals surface area contributed by atoms with Crippen LogP contribution in [0.4, 0.5) is 16.2 Å². The van der Waals surface area contributed by atoms with Crippen molar-refractivity contribution in [3.05, 3.63) is 97.1 Å². The van der Waals surface area contributed by atoms with Crippen molar-refractivity contribution in [2.75, 3.05) is 4.90 Å². The third kappa shape index (κ3) is 2.24. The zero-order valence-corrected chi connectivity index (χ0v) is 19.2. The molecule has 8 rings (SSSR count). The van der Waals surface area contributed by atoms with E-state index < -0.39 is 13.2 Å². The zero-order valence-electron chi connectivity index (χ0n) is 18.3. The van der Waals surface area contributed by atoms with E-state index in [4.69, 9.17) is 9.47 Å². The molecule has 0 fully saturated rings. The molecule has 1 unspecified atom stereocenters. The summed E-state index contributed by atoms with van der Waals surface area (Å²) in [6.07, 6.45) is -0.509. The largest absolute Gasteiger partial charge is 0.456 e. The van der Waals surface area contributed by atoms with Crippen molar-refractivity contribution in [1.29, 1.82) is 0 Å². The molecular weight excluding hydrogens is 457 g/mol. The molecule has 0 saturated carbocycles. The molecule has 1 atom stereocenters. The molecule has 3 heterocycles. The first-order valence-corrected chi connectivity index (χ1v) is 13.1. The first kappa shape index (κ1) is 19.0. The summed E-state index contributed by atoms with van der Waals surface area (Å²) in [6, 6.07) is 30.4. The lowest BCUT2D eigenvalue weighted by Crippen LogP contribution is -2.44. The minimum absolute atomic E-state index is 0.449. The Morgan fingerprint density at radius 2 is 1.40 bits per heavy atom. The van der Waals surface area contributed by atoms with Crippen LogP contribution in [0, 0.1) is 0 Å². The van der Waals surface area contributed by atoms with E-state index >= 15 is 4.57 Å². The normalized spacial score (nSPS) is 18.4. The number of carbonyl (C=O) groups excluding carboxylic acids is 1. The molecule has 3 aliphatic rings. The van der Waals surface area contributed by atoms with E-state index in [2.05, 4.69) is 0 Å². The highest BCUT2D eigenvalue weighted by molar-refractivity contribution is 7.86. The number of nitrogens with zero attached hydrogens (tertiary/aromatic N) is 1. The number of carbonyl (C=O) groups is 1. The minimum Gasteiger partial charge on any atom is -0.456 e. The van der Waals surface area contributed by atoms with Gasteiger partial charge in [0.15, 0.2) is 7.14 Å². The number of fused-ring (bicyclic) bond motifs is 4. The maximum atomic E-state index is 15.3. The molecular formula is C29H16NO4P. The second kappa shape index (κ2) is 6.41. The van der Waals surface area contributed by atoms with Gasteiger partial charge in [0, 0.05) is 26.9 Å². The SMILES string of the molecule is O=C1Oc2ccc3c4c(cc5c(c24)N1c1ccccc1P5(=O)c1ccccc1)Oc1ccccc1-3. The highest BCUT2D eigenvalue weighted by Crippen LogP contribution is 2.60. The molecule has 0 N–H and O–H groups in total. The van der Waals surface area contributed by atoms with Gasteiger partial charge in [-0.3, -0.25) is 0 Å². The predicted octanol–water partition coefficient (Wildman–Crippen LogP) is 6.22. The van der Waals surface area contributed by atoms with E-state index in [1.807, 2.05) is 97.1 Å². The number of amides is 1. The van der Waals surface area contributed by atoms with Gasteiger partial charge in [-0.1, -0.05) is 60.7 Å². The van der Waals surface area contributed by atoms with Gasteiger partial charge in [0.1, 0.15) is 17.2 Å². The molecule has 5 aromatic carbocycles. The van der Waals surface area contributed by atoms with E-state index in [9.17, 15) is 4.79 Å². The van der Waals surface area contributed by atoms with Gasteiger partial charge in [-0.25, -0.2) is 9.69 Å². The molecule has 0 radical (unpaired) electrons. The standard InChI is InChI=1S/C29H16NO4P/c31-29-30-20-11-5-7-13-24(20)35(32,17-8-2-1-3-9-17)25-16-23-26-19(18-10-4-6-12-21(18)33-23)14-15-22(34-29)27(26)28(25)30/h1-16H. The van der Waals surface area contributed by atoms with Crippen LogP contribution >= 0.6 is 7.14 Å². The average molecular weight is 473 g/mol. The van der Waals surface area contributed by atoms with Crippen molar-refractivity contribution in [3.8, 4) is 28.4 Å². The second-order valence-electron chi connectivity index (χ2n) is 8.84. The topological polar surface area (TPSA) is 55.8 Å². The van der Waals surface area contributed by atoms with Crippen LogP contribution < -0.4 is 30.3 Å². The Hall–Kier alpha value is -4.34. The van der Waals surface area contributed by atoms with Gasteiger partial charge in [0.25, 0.3) is 0 Å². The number of benzene rings is 5. The maximum Gasteiger partial charge on any atom is 0.424 e. The average Bonchev–Trinajstić information content (AvgIpc) is 2.90. The summed E-state index contributed by atoms with van der Waals surface area (Å²) in [5.74, 6) is 1.80. The number of ether oxygens (including phenoxy) is 2. The molecule has 0 aliphatic carbocycles. The molecule has 0 spiro atoms. The quantitative estimate of drug-likeness (QED) is 0.266. The van der Waals surface area contributed by atoms with Gasteiger partial charge in [-0.05, 0) is 42.0 Å². The summed E-state index contributed by atoms with van der Waals surface area (Å²) >= 11 is 0. The summed E-state index contributed by atoms with van der Waals surface area (Å²) in [5, 5.41) is 3.51. The lowest BCUT2D eigenvalue weighted by molar-refractivity contribution is 0.210. The molecule has 5 nitrogen and oxygen atoms in total. The fourth-order valence-electron chi connectivity index (χ4n) is 5.64. The Morgan fingerprint density at radius 3 is 2.29 bits per heavy atom. The number of anilines is 2. The summed E-state index contributed by atoms with van der Waals surface area (Å²) in [7, 11) is -3.35. The first-order valence-electron chi connectivity index (χ1n) is 11.3. The van der Waals surface area contributed by atoms with Gasteiger partial charge in [0.05, 0.1) is 16.8 Å². The van der Waals surface area contributed by atoms with Crippen molar-refractivity contribution in [3.63, 3.8) is 0 Å². The maximum absolute atomic E-state index is 15.3. The Morgan fingerprint density at radius 1 is 0.629 bits per heavy atom. The van der Waals surface area contributed by atoms with Gasteiger partial charge >= 0.3 is 6.09 Å². The third-order valence-corrected chi connectivity index (χ3v) is 10.2. The number of para-hydroxylation sites is 2. The highest BCUT2D eigenvalue weighted by atomic mass is 31.2. The number of hydrogen-bond acceptors (Lipinski definition) is 4. The van der Waals surface area contributed by atoms with Crippen molar-refractivity contribution in [1.82, 2.24) is 0 Å². The molecule has 0 aromatic heterocycles. The Kier molecular flexibility index (Phi) is 3.48. The van der Waals surface area contributed by atoms with E-state index in [1.165, 1.54) is 0 Å². The summed E-state index contributed by atoms with van der Waals surface area (Å²) in [5.41, 5.74) is 3.17. The van der Waals surface area contributed by atoms with Crippen LogP contribution in [0.1, 0.15) is 0 Å². The van der Waals surface area contributed by atoms with Crippen molar-refractivity contribution in [2.45, 2.75) is 0 Å². The minimum atomic E-state index is -3.35. The van der Waals surface area contributed by atoms with Crippen molar-refractivity contribution < 1.29 is 18.8 Å². The van der Waals surface area contributed by atoms with Crippen LogP contribution in [0.5, 0.6) is 17.2 Å². The zero-order chi connectivity index (χ0) is 23.3. The smallest absolute Gasteiger partial charge is 0.424 e. The molecule has 1 amide bonds. The van der Waals surface area contributed by atoms with Crippen molar-refractivity contribution in [2.24, 2.45) is 0 Å². The lowest BCUT2D eigenvalue weighted by Gasteiger charge is -2.40. The van der Waals surface area contributed by atoms with Gasteiger partial charge < -0.3 is 14.0 Å². The highest BCUT2D eigenvalue weighted by Gasteiger charge is 2.47. The van der Waals surface area contributed by atoms with E-state index in [-0.39, 0.29) is 0 Å². The third-order valence-electron chi connectivity index (χ3n) is 7.08. The van der Waals surface area contributed by atoms with Gasteiger partial charge in [0.2, 0.25) is 0 Å². The van der Waals surface area contributed by atoms with Crippen molar-refractivity contribution >= 4 is 51.3 Å². The molecule has 5 aromatic rings. The van der Waals surface area contributed by atoms with Crippen LogP contribution in [-0.2, 0) is 4.57 Å². The lowest BCUT2D eigenvalue weighted by atomic mass is 9.92.